The molecule has 1 saturated carbocycles. The summed E-state index contributed by atoms with van der Waals surface area (Å²) < 4.78 is 1.17. The summed E-state index contributed by atoms with van der Waals surface area (Å²) in [6.07, 6.45) is 7.64. The van der Waals surface area contributed by atoms with Gasteiger partial charge in [0.15, 0.2) is 0 Å². The molecule has 8 heavy (non-hydrogen) atoms. The molecule has 0 aromatic heterocycles. The zero-order chi connectivity index (χ0) is 5.82. The van der Waals surface area contributed by atoms with Crippen LogP contribution in [-0.2, 0) is 0 Å². The molecule has 1 heteroatoms. The predicted molar refractivity (Wildman–Crippen MR) is 38.5 cm³/mol. The van der Waals surface area contributed by atoms with E-state index < -0.39 is 0 Å². The van der Waals surface area contributed by atoms with E-state index in [2.05, 4.69) is 5.79 Å². The van der Waals surface area contributed by atoms with Crippen molar-refractivity contribution in [3.8, 4) is 0 Å². The molecule has 0 heterocycles. The molecule has 0 saturated heterocycles. The summed E-state index contributed by atoms with van der Waals surface area (Å²) in [6.45, 7) is 0. The van der Waals surface area contributed by atoms with E-state index in [1.54, 1.807) is 12.8 Å². The van der Waals surface area contributed by atoms with Gasteiger partial charge in [0, 0.05) is 0 Å². The van der Waals surface area contributed by atoms with Gasteiger partial charge in [0.1, 0.15) is 0 Å². The summed E-state index contributed by atoms with van der Waals surface area (Å²) in [5.41, 5.74) is 0. The molecular formula is C7H14Al+. The Balaban J connectivity index is 2.13. The molecule has 1 aliphatic rings. The molecule has 0 aromatic rings. The predicted octanol–water partition coefficient (Wildman–Crippen LogP) is 2.49. The Morgan fingerprint density at radius 1 is 1.12 bits per heavy atom. The molecule has 44 valence electrons. The van der Waals surface area contributed by atoms with Crippen LogP contribution in [0.1, 0.15) is 32.1 Å². The molecular weight excluding hydrogens is 111 g/mol. The van der Waals surface area contributed by atoms with Crippen LogP contribution in [0, 0.1) is 0 Å². The van der Waals surface area contributed by atoms with Crippen LogP contribution in [0.25, 0.3) is 0 Å². The molecule has 0 atom stereocenters. The Labute approximate surface area is 58.4 Å². The molecule has 0 N–H and O–H groups in total. The number of rotatable bonds is 1. The normalized spacial score (nSPS) is 22.6. The second kappa shape index (κ2) is 3.54. The third kappa shape index (κ3) is 1.80. The van der Waals surface area contributed by atoms with Gasteiger partial charge in [-0.2, -0.15) is 0 Å². The quantitative estimate of drug-likeness (QED) is 0.472. The summed E-state index contributed by atoms with van der Waals surface area (Å²) in [5, 5.41) is 0. The molecule has 0 amide bonds. The van der Waals surface area contributed by atoms with Gasteiger partial charge in [0.25, 0.3) is 0 Å². The van der Waals surface area contributed by atoms with E-state index in [0.29, 0.717) is 0 Å². The van der Waals surface area contributed by atoms with Gasteiger partial charge >= 0.3 is 57.9 Å². The number of hydrogen-bond acceptors (Lipinski definition) is 0. The van der Waals surface area contributed by atoms with Gasteiger partial charge in [-0.15, -0.1) is 0 Å². The van der Waals surface area contributed by atoms with Crippen molar-refractivity contribution in [1.82, 2.24) is 0 Å². The fourth-order valence-corrected chi connectivity index (χ4v) is 2.61. The van der Waals surface area contributed by atoms with Crippen molar-refractivity contribution in [2.75, 3.05) is 0 Å². The van der Waals surface area contributed by atoms with Crippen molar-refractivity contribution >= 4 is 15.2 Å². The van der Waals surface area contributed by atoms with Crippen LogP contribution in [0.4, 0.5) is 0 Å². The molecule has 0 nitrogen and oxygen atoms in total. The average Bonchev–Trinajstić information content (AvgIpc) is 1.90. The molecule has 1 aliphatic carbocycles. The van der Waals surface area contributed by atoms with Crippen LogP contribution in [0.15, 0.2) is 0 Å². The Morgan fingerprint density at radius 2 is 1.75 bits per heavy atom. The van der Waals surface area contributed by atoms with Gasteiger partial charge in [-0.3, -0.25) is 0 Å². The molecule has 0 unspecified atom stereocenters. The van der Waals surface area contributed by atoms with E-state index in [1.807, 2.05) is 0 Å². The summed E-state index contributed by atoms with van der Waals surface area (Å²) in [4.78, 5) is 0. The third-order valence-electron chi connectivity index (χ3n) is 2.12. The van der Waals surface area contributed by atoms with Crippen LogP contribution in [0.2, 0.25) is 10.6 Å². The van der Waals surface area contributed by atoms with E-state index in [4.69, 9.17) is 0 Å². The first-order valence-corrected chi connectivity index (χ1v) is 5.55. The van der Waals surface area contributed by atoms with Crippen molar-refractivity contribution in [1.29, 1.82) is 0 Å². The average molecular weight is 125 g/mol. The van der Waals surface area contributed by atoms with E-state index in [0.717, 1.165) is 15.2 Å². The topological polar surface area (TPSA) is 0 Å². The first kappa shape index (κ1) is 6.65. The minimum absolute atomic E-state index is 0.788. The van der Waals surface area contributed by atoms with Crippen LogP contribution in [0.5, 0.6) is 0 Å². The molecule has 0 bridgehead atoms. The second-order valence-corrected chi connectivity index (χ2v) is 4.34. The monoisotopic (exact) mass is 125 g/mol. The molecule has 0 radical (unpaired) electrons. The van der Waals surface area contributed by atoms with E-state index in [-0.39, 0.29) is 0 Å². The van der Waals surface area contributed by atoms with Crippen LogP contribution >= 0.6 is 0 Å². The first-order chi connectivity index (χ1) is 3.93. The van der Waals surface area contributed by atoms with Crippen LogP contribution < -0.4 is 0 Å². The van der Waals surface area contributed by atoms with Gasteiger partial charge in [-0.1, -0.05) is 0 Å². The first-order valence-electron chi connectivity index (χ1n) is 3.73. The number of hydrogen-bond donors (Lipinski definition) is 0. The molecule has 1 rings (SSSR count). The maximum absolute atomic E-state index is 2.40. The van der Waals surface area contributed by atoms with Crippen molar-refractivity contribution in [3.63, 3.8) is 0 Å². The molecule has 0 aromatic carbocycles. The van der Waals surface area contributed by atoms with Crippen LogP contribution in [0.3, 0.4) is 0 Å². The summed E-state index contributed by atoms with van der Waals surface area (Å²) in [5.74, 6) is 2.40. The molecule has 0 spiro atoms. The van der Waals surface area contributed by atoms with Crippen molar-refractivity contribution in [2.45, 2.75) is 42.7 Å². The third-order valence-corrected chi connectivity index (χ3v) is 3.73. The molecule has 1 fully saturated rings. The minimum atomic E-state index is 0.788. The van der Waals surface area contributed by atoms with E-state index in [1.165, 1.54) is 24.0 Å². The Morgan fingerprint density at radius 3 is 2.12 bits per heavy atom. The van der Waals surface area contributed by atoms with E-state index >= 15 is 0 Å². The standard InChI is InChI=1S/C6H11.CH3.Al/c1-2-4-6-5-3-1;;/h1H,2-6H2;1H3;/q;;+1. The fourth-order valence-electron chi connectivity index (χ4n) is 1.47. The zero-order valence-corrected chi connectivity index (χ0v) is 6.84. The maximum atomic E-state index is 2.40. The SMILES string of the molecule is [CH3][Al+][CH]1CCCCC1. The molecule has 0 aliphatic heterocycles. The summed E-state index contributed by atoms with van der Waals surface area (Å²) in [7, 11) is 0. The van der Waals surface area contributed by atoms with Crippen molar-refractivity contribution in [3.05, 3.63) is 0 Å². The summed E-state index contributed by atoms with van der Waals surface area (Å²) >= 11 is 0.788. The van der Waals surface area contributed by atoms with Crippen molar-refractivity contribution < 1.29 is 0 Å². The van der Waals surface area contributed by atoms with Crippen molar-refractivity contribution in [2.24, 2.45) is 0 Å². The van der Waals surface area contributed by atoms with Gasteiger partial charge in [0.2, 0.25) is 0 Å². The summed E-state index contributed by atoms with van der Waals surface area (Å²) in [6, 6.07) is 0. The second-order valence-electron chi connectivity index (χ2n) is 2.73. The fraction of sp³-hybridized carbons (Fsp3) is 1.00. The Hall–Kier alpha value is 0.532. The van der Waals surface area contributed by atoms with Gasteiger partial charge in [-0.05, 0) is 0 Å². The van der Waals surface area contributed by atoms with E-state index in [9.17, 15) is 0 Å². The van der Waals surface area contributed by atoms with Crippen LogP contribution in [-0.4, -0.2) is 15.2 Å². The van der Waals surface area contributed by atoms with Gasteiger partial charge in [-0.25, -0.2) is 0 Å². The Kier molecular flexibility index (Phi) is 2.94. The van der Waals surface area contributed by atoms with Gasteiger partial charge < -0.3 is 0 Å². The Bertz CT molecular complexity index is 55.4. The van der Waals surface area contributed by atoms with Gasteiger partial charge in [0.05, 0.1) is 0 Å². The zero-order valence-electron chi connectivity index (χ0n) is 5.69.